The minimum absolute atomic E-state index is 0.303. The summed E-state index contributed by atoms with van der Waals surface area (Å²) in [7, 11) is 0. The Hall–Kier alpha value is -1.61. The molecule has 1 aromatic carbocycles. The highest BCUT2D eigenvalue weighted by atomic mass is 19.1. The van der Waals surface area contributed by atoms with Crippen LogP contribution in [0.2, 0.25) is 0 Å². The van der Waals surface area contributed by atoms with Gasteiger partial charge in [-0.3, -0.25) is 0 Å². The second kappa shape index (κ2) is 3.87. The van der Waals surface area contributed by atoms with E-state index in [0.29, 0.717) is 16.9 Å². The van der Waals surface area contributed by atoms with Crippen LogP contribution in [-0.4, -0.2) is 5.11 Å². The van der Waals surface area contributed by atoms with E-state index in [1.165, 1.54) is 18.4 Å². The molecule has 3 heteroatoms. The van der Waals surface area contributed by atoms with Gasteiger partial charge in [0.1, 0.15) is 17.7 Å². The fourth-order valence-corrected chi connectivity index (χ4v) is 1.55. The van der Waals surface area contributed by atoms with Crippen LogP contribution in [0, 0.1) is 12.7 Å². The highest BCUT2D eigenvalue weighted by Crippen LogP contribution is 2.25. The van der Waals surface area contributed by atoms with Gasteiger partial charge in [-0.05, 0) is 42.3 Å². The second-order valence-electron chi connectivity index (χ2n) is 3.42. The lowest BCUT2D eigenvalue weighted by atomic mass is 10.0. The minimum Gasteiger partial charge on any atom is -0.466 e. The number of aryl methyl sites for hydroxylation is 1. The molecule has 1 aromatic heterocycles. The highest BCUT2D eigenvalue weighted by molar-refractivity contribution is 5.32. The van der Waals surface area contributed by atoms with E-state index < -0.39 is 6.10 Å². The number of rotatable bonds is 2. The van der Waals surface area contributed by atoms with E-state index in [1.54, 1.807) is 25.1 Å². The molecule has 0 amide bonds. The van der Waals surface area contributed by atoms with Crippen LogP contribution in [0.5, 0.6) is 0 Å². The zero-order valence-electron chi connectivity index (χ0n) is 8.27. The van der Waals surface area contributed by atoms with Gasteiger partial charge < -0.3 is 9.52 Å². The SMILES string of the molecule is Cc1cc(F)ccc1[C@@H](O)c1ccco1. The minimum atomic E-state index is -0.833. The van der Waals surface area contributed by atoms with Crippen molar-refractivity contribution >= 4 is 0 Å². The number of aliphatic hydroxyl groups is 1. The summed E-state index contributed by atoms with van der Waals surface area (Å²) in [6.07, 6.45) is 0.665. The molecule has 2 nitrogen and oxygen atoms in total. The number of halogens is 1. The first-order valence-corrected chi connectivity index (χ1v) is 4.66. The van der Waals surface area contributed by atoms with Gasteiger partial charge in [-0.15, -0.1) is 0 Å². The quantitative estimate of drug-likeness (QED) is 0.819. The molecule has 0 bridgehead atoms. The summed E-state index contributed by atoms with van der Waals surface area (Å²) < 4.78 is 17.9. The largest absolute Gasteiger partial charge is 0.466 e. The van der Waals surface area contributed by atoms with Crippen molar-refractivity contribution in [3.8, 4) is 0 Å². The van der Waals surface area contributed by atoms with Gasteiger partial charge in [-0.1, -0.05) is 6.07 Å². The van der Waals surface area contributed by atoms with E-state index in [2.05, 4.69) is 0 Å². The summed E-state index contributed by atoms with van der Waals surface area (Å²) >= 11 is 0. The van der Waals surface area contributed by atoms with Crippen molar-refractivity contribution in [2.75, 3.05) is 0 Å². The van der Waals surface area contributed by atoms with Crippen molar-refractivity contribution < 1.29 is 13.9 Å². The molecule has 0 unspecified atom stereocenters. The predicted octanol–water partition coefficient (Wildman–Crippen LogP) is 2.81. The van der Waals surface area contributed by atoms with E-state index in [0.717, 1.165) is 0 Å². The number of hydrogen-bond acceptors (Lipinski definition) is 2. The Balaban J connectivity index is 2.38. The third kappa shape index (κ3) is 1.92. The van der Waals surface area contributed by atoms with Gasteiger partial charge in [-0.2, -0.15) is 0 Å². The molecule has 0 saturated carbocycles. The first-order chi connectivity index (χ1) is 7.18. The maximum atomic E-state index is 12.8. The first kappa shape index (κ1) is 9.93. The average Bonchev–Trinajstić information content (AvgIpc) is 2.69. The normalized spacial score (nSPS) is 12.7. The molecule has 0 spiro atoms. The van der Waals surface area contributed by atoms with Crippen LogP contribution < -0.4 is 0 Å². The molecular formula is C12H11FO2. The number of benzene rings is 1. The summed E-state index contributed by atoms with van der Waals surface area (Å²) in [5, 5.41) is 9.94. The van der Waals surface area contributed by atoms with Crippen LogP contribution in [0.25, 0.3) is 0 Å². The van der Waals surface area contributed by atoms with Gasteiger partial charge in [0.25, 0.3) is 0 Å². The summed E-state index contributed by atoms with van der Waals surface area (Å²) in [6, 6.07) is 7.68. The Morgan fingerprint density at radius 1 is 1.33 bits per heavy atom. The van der Waals surface area contributed by atoms with Gasteiger partial charge in [0.2, 0.25) is 0 Å². The predicted molar refractivity (Wildman–Crippen MR) is 53.9 cm³/mol. The van der Waals surface area contributed by atoms with Crippen LogP contribution in [0.1, 0.15) is 23.0 Å². The van der Waals surface area contributed by atoms with Crippen molar-refractivity contribution in [1.82, 2.24) is 0 Å². The average molecular weight is 206 g/mol. The smallest absolute Gasteiger partial charge is 0.137 e. The molecule has 0 fully saturated rings. The lowest BCUT2D eigenvalue weighted by molar-refractivity contribution is 0.188. The molecule has 15 heavy (non-hydrogen) atoms. The van der Waals surface area contributed by atoms with Crippen LogP contribution in [0.15, 0.2) is 41.0 Å². The molecule has 2 aromatic rings. The Labute approximate surface area is 87.0 Å². The molecule has 0 saturated heterocycles. The summed E-state index contributed by atoms with van der Waals surface area (Å²) in [6.45, 7) is 1.75. The topological polar surface area (TPSA) is 33.4 Å². The molecular weight excluding hydrogens is 195 g/mol. The van der Waals surface area contributed by atoms with Crippen LogP contribution in [0.4, 0.5) is 4.39 Å². The highest BCUT2D eigenvalue weighted by Gasteiger charge is 2.15. The Bertz CT molecular complexity index is 449. The van der Waals surface area contributed by atoms with Crippen molar-refractivity contribution in [2.45, 2.75) is 13.0 Å². The molecule has 0 aliphatic rings. The van der Waals surface area contributed by atoms with E-state index in [9.17, 15) is 9.50 Å². The molecule has 1 heterocycles. The maximum Gasteiger partial charge on any atom is 0.137 e. The van der Waals surface area contributed by atoms with Crippen molar-refractivity contribution in [3.63, 3.8) is 0 Å². The Kier molecular flexibility index (Phi) is 2.56. The van der Waals surface area contributed by atoms with Gasteiger partial charge in [0.05, 0.1) is 6.26 Å². The third-order valence-electron chi connectivity index (χ3n) is 2.34. The summed E-state index contributed by atoms with van der Waals surface area (Å²) in [4.78, 5) is 0. The molecule has 2 rings (SSSR count). The number of hydrogen-bond donors (Lipinski definition) is 1. The molecule has 0 radical (unpaired) electrons. The zero-order valence-corrected chi connectivity index (χ0v) is 8.27. The van der Waals surface area contributed by atoms with E-state index in [4.69, 9.17) is 4.42 Å². The monoisotopic (exact) mass is 206 g/mol. The van der Waals surface area contributed by atoms with Crippen molar-refractivity contribution in [2.24, 2.45) is 0 Å². The lowest BCUT2D eigenvalue weighted by Crippen LogP contribution is -2.00. The summed E-state index contributed by atoms with van der Waals surface area (Å²) in [5.74, 6) is 0.160. The Morgan fingerprint density at radius 3 is 2.73 bits per heavy atom. The molecule has 1 atom stereocenters. The Morgan fingerprint density at radius 2 is 2.13 bits per heavy atom. The lowest BCUT2D eigenvalue weighted by Gasteiger charge is -2.11. The number of aliphatic hydroxyl groups excluding tert-OH is 1. The van der Waals surface area contributed by atoms with Gasteiger partial charge in [-0.25, -0.2) is 4.39 Å². The molecule has 0 aliphatic heterocycles. The summed E-state index contributed by atoms with van der Waals surface area (Å²) in [5.41, 5.74) is 1.37. The maximum absolute atomic E-state index is 12.8. The van der Waals surface area contributed by atoms with Crippen LogP contribution in [0.3, 0.4) is 0 Å². The second-order valence-corrected chi connectivity index (χ2v) is 3.42. The fourth-order valence-electron chi connectivity index (χ4n) is 1.55. The van der Waals surface area contributed by atoms with Crippen molar-refractivity contribution in [3.05, 3.63) is 59.3 Å². The zero-order chi connectivity index (χ0) is 10.8. The van der Waals surface area contributed by atoms with E-state index in [1.807, 2.05) is 0 Å². The van der Waals surface area contributed by atoms with Gasteiger partial charge in [0, 0.05) is 0 Å². The standard InChI is InChI=1S/C12H11FO2/c1-8-7-9(13)4-5-10(8)12(14)11-3-2-6-15-11/h2-7,12,14H,1H3/t12-/m1/s1. The third-order valence-corrected chi connectivity index (χ3v) is 2.34. The van der Waals surface area contributed by atoms with Crippen LogP contribution in [-0.2, 0) is 0 Å². The van der Waals surface area contributed by atoms with E-state index >= 15 is 0 Å². The van der Waals surface area contributed by atoms with Crippen molar-refractivity contribution in [1.29, 1.82) is 0 Å². The molecule has 1 N–H and O–H groups in total. The molecule has 0 aliphatic carbocycles. The van der Waals surface area contributed by atoms with Gasteiger partial charge >= 0.3 is 0 Å². The fraction of sp³-hybridized carbons (Fsp3) is 0.167. The van der Waals surface area contributed by atoms with Gasteiger partial charge in [0.15, 0.2) is 0 Å². The van der Waals surface area contributed by atoms with Crippen LogP contribution >= 0.6 is 0 Å². The molecule has 78 valence electrons. The van der Waals surface area contributed by atoms with E-state index in [-0.39, 0.29) is 5.82 Å². The first-order valence-electron chi connectivity index (χ1n) is 4.66. The number of furan rings is 1.